The molecule has 0 atom stereocenters. The summed E-state index contributed by atoms with van der Waals surface area (Å²) in [5.74, 6) is 0. The fourth-order valence-corrected chi connectivity index (χ4v) is 2.76. The summed E-state index contributed by atoms with van der Waals surface area (Å²) in [6, 6.07) is 7.62. The molecule has 0 bridgehead atoms. The van der Waals surface area contributed by atoms with Gasteiger partial charge in [-0.25, -0.2) is 4.98 Å². The fraction of sp³-hybridized carbons (Fsp3) is 0. The van der Waals surface area contributed by atoms with Gasteiger partial charge >= 0.3 is 0 Å². The van der Waals surface area contributed by atoms with Crippen LogP contribution in [0.1, 0.15) is 5.56 Å². The molecule has 0 saturated heterocycles. The summed E-state index contributed by atoms with van der Waals surface area (Å²) in [5.41, 5.74) is 6.74. The minimum absolute atomic E-state index is 0.457. The van der Waals surface area contributed by atoms with Gasteiger partial charge in [-0.05, 0) is 17.5 Å². The van der Waals surface area contributed by atoms with Crippen molar-refractivity contribution >= 4 is 28.8 Å². The molecule has 0 aromatic carbocycles. The van der Waals surface area contributed by atoms with Crippen LogP contribution in [0.25, 0.3) is 0 Å². The zero-order chi connectivity index (χ0) is 10.7. The molecule has 0 radical (unpaired) electrons. The lowest BCUT2D eigenvalue weighted by Gasteiger charge is -2.02. The molecule has 2 rings (SSSR count). The number of pyridine rings is 1. The molecule has 0 aliphatic carbocycles. The van der Waals surface area contributed by atoms with E-state index in [1.807, 2.05) is 23.6 Å². The van der Waals surface area contributed by atoms with E-state index in [1.54, 1.807) is 23.6 Å². The zero-order valence-electron chi connectivity index (χ0n) is 7.68. The summed E-state index contributed by atoms with van der Waals surface area (Å²) >= 11 is 3.11. The van der Waals surface area contributed by atoms with Gasteiger partial charge in [0.05, 0.1) is 15.5 Å². The highest BCUT2D eigenvalue weighted by Crippen LogP contribution is 2.34. The Morgan fingerprint density at radius 2 is 2.33 bits per heavy atom. The Morgan fingerprint density at radius 1 is 1.47 bits per heavy atom. The Kier molecular flexibility index (Phi) is 2.90. The van der Waals surface area contributed by atoms with Crippen LogP contribution in [0, 0.1) is 11.3 Å². The van der Waals surface area contributed by atoms with Crippen molar-refractivity contribution < 1.29 is 0 Å². The Balaban J connectivity index is 2.34. The lowest BCUT2D eigenvalue weighted by Crippen LogP contribution is -1.94. The molecule has 0 aliphatic rings. The topological polar surface area (TPSA) is 62.7 Å². The zero-order valence-corrected chi connectivity index (χ0v) is 9.31. The van der Waals surface area contributed by atoms with Gasteiger partial charge in [-0.3, -0.25) is 0 Å². The number of nitrogens with two attached hydrogens (primary N) is 1. The van der Waals surface area contributed by atoms with Crippen molar-refractivity contribution in [2.45, 2.75) is 9.24 Å². The van der Waals surface area contributed by atoms with Gasteiger partial charge in [0.15, 0.2) is 0 Å². The average Bonchev–Trinajstić information content (AvgIpc) is 2.74. The highest BCUT2D eigenvalue weighted by atomic mass is 32.2. The van der Waals surface area contributed by atoms with Crippen LogP contribution in [-0.4, -0.2) is 4.98 Å². The largest absolute Gasteiger partial charge is 0.395 e. The molecule has 0 spiro atoms. The van der Waals surface area contributed by atoms with Crippen LogP contribution < -0.4 is 5.73 Å². The van der Waals surface area contributed by atoms with E-state index < -0.39 is 0 Å². The van der Waals surface area contributed by atoms with Gasteiger partial charge in [0.1, 0.15) is 11.1 Å². The second-order valence-electron chi connectivity index (χ2n) is 2.72. The predicted molar refractivity (Wildman–Crippen MR) is 61.8 cm³/mol. The molecule has 2 aromatic heterocycles. The first-order chi connectivity index (χ1) is 7.31. The maximum atomic E-state index is 8.80. The number of nitrogens with zero attached hydrogens (tertiary/aromatic N) is 2. The molecule has 2 aromatic rings. The standard InChI is InChI=1S/C10H7N3S2/c11-6-7-3-4-13-10(9(7)12)15-8-2-1-5-14-8/h1-5H,12H2. The predicted octanol–water partition coefficient (Wildman–Crippen LogP) is 2.75. The van der Waals surface area contributed by atoms with E-state index in [4.69, 9.17) is 11.0 Å². The van der Waals surface area contributed by atoms with Gasteiger partial charge in [-0.2, -0.15) is 5.26 Å². The molecule has 3 nitrogen and oxygen atoms in total. The van der Waals surface area contributed by atoms with E-state index in [2.05, 4.69) is 4.98 Å². The first-order valence-corrected chi connectivity index (χ1v) is 5.87. The molecule has 0 amide bonds. The van der Waals surface area contributed by atoms with Gasteiger partial charge < -0.3 is 5.73 Å². The van der Waals surface area contributed by atoms with E-state index >= 15 is 0 Å². The van der Waals surface area contributed by atoms with E-state index in [1.165, 1.54) is 11.8 Å². The molecule has 0 unspecified atom stereocenters. The molecule has 0 fully saturated rings. The van der Waals surface area contributed by atoms with E-state index in [9.17, 15) is 0 Å². The Bertz CT molecular complexity index is 500. The van der Waals surface area contributed by atoms with E-state index in [0.29, 0.717) is 16.3 Å². The molecule has 74 valence electrons. The monoisotopic (exact) mass is 233 g/mol. The Labute approximate surface area is 95.6 Å². The van der Waals surface area contributed by atoms with Crippen LogP contribution in [0.3, 0.4) is 0 Å². The van der Waals surface area contributed by atoms with Crippen molar-refractivity contribution in [2.75, 3.05) is 5.73 Å². The van der Waals surface area contributed by atoms with Gasteiger partial charge in [0.2, 0.25) is 0 Å². The minimum atomic E-state index is 0.457. The van der Waals surface area contributed by atoms with Gasteiger partial charge in [-0.1, -0.05) is 17.8 Å². The number of nitrogen functional groups attached to an aromatic ring is 1. The van der Waals surface area contributed by atoms with Crippen molar-refractivity contribution in [3.05, 3.63) is 35.3 Å². The fourth-order valence-electron chi connectivity index (χ4n) is 1.05. The number of hydrogen-bond donors (Lipinski definition) is 1. The van der Waals surface area contributed by atoms with Crippen LogP contribution in [0.4, 0.5) is 5.69 Å². The van der Waals surface area contributed by atoms with Crippen molar-refractivity contribution in [3.63, 3.8) is 0 Å². The average molecular weight is 233 g/mol. The van der Waals surface area contributed by atoms with Crippen LogP contribution in [0.5, 0.6) is 0 Å². The summed E-state index contributed by atoms with van der Waals surface area (Å²) in [6.07, 6.45) is 1.60. The normalized spacial score (nSPS) is 9.80. The summed E-state index contributed by atoms with van der Waals surface area (Å²) in [6.45, 7) is 0. The quantitative estimate of drug-likeness (QED) is 0.866. The highest BCUT2D eigenvalue weighted by molar-refractivity contribution is 8.01. The van der Waals surface area contributed by atoms with Crippen molar-refractivity contribution in [3.8, 4) is 6.07 Å². The third-order valence-corrected chi connectivity index (χ3v) is 3.82. The number of hydrogen-bond acceptors (Lipinski definition) is 5. The summed E-state index contributed by atoms with van der Waals surface area (Å²) in [5, 5.41) is 11.5. The first kappa shape index (κ1) is 10.0. The number of rotatable bonds is 2. The molecule has 5 heteroatoms. The summed E-state index contributed by atoms with van der Waals surface area (Å²) in [7, 11) is 0. The third-order valence-electron chi connectivity index (χ3n) is 1.77. The van der Waals surface area contributed by atoms with Crippen LogP contribution in [0.15, 0.2) is 39.0 Å². The number of thiophene rings is 1. The minimum Gasteiger partial charge on any atom is -0.395 e. The van der Waals surface area contributed by atoms with Crippen molar-refractivity contribution in [1.29, 1.82) is 5.26 Å². The van der Waals surface area contributed by atoms with Gasteiger partial charge in [-0.15, -0.1) is 11.3 Å². The third kappa shape index (κ3) is 2.12. The Hall–Kier alpha value is -1.51. The first-order valence-electron chi connectivity index (χ1n) is 4.17. The SMILES string of the molecule is N#Cc1ccnc(Sc2cccs2)c1N. The second kappa shape index (κ2) is 4.34. The molecular formula is C10H7N3S2. The van der Waals surface area contributed by atoms with Crippen molar-refractivity contribution in [1.82, 2.24) is 4.98 Å². The molecule has 2 N–H and O–H groups in total. The molecule has 0 saturated carbocycles. The number of nitriles is 1. The second-order valence-corrected chi connectivity index (χ2v) is 4.96. The van der Waals surface area contributed by atoms with Crippen LogP contribution in [-0.2, 0) is 0 Å². The number of aromatic nitrogens is 1. The van der Waals surface area contributed by atoms with Gasteiger partial charge in [0, 0.05) is 6.20 Å². The van der Waals surface area contributed by atoms with Crippen LogP contribution in [0.2, 0.25) is 0 Å². The molecule has 0 aliphatic heterocycles. The molecule has 15 heavy (non-hydrogen) atoms. The highest BCUT2D eigenvalue weighted by Gasteiger charge is 2.07. The molecular weight excluding hydrogens is 226 g/mol. The van der Waals surface area contributed by atoms with E-state index in [-0.39, 0.29) is 0 Å². The summed E-state index contributed by atoms with van der Waals surface area (Å²) < 4.78 is 1.12. The Morgan fingerprint density at radius 3 is 3.00 bits per heavy atom. The van der Waals surface area contributed by atoms with Crippen molar-refractivity contribution in [2.24, 2.45) is 0 Å². The number of anilines is 1. The lowest BCUT2D eigenvalue weighted by molar-refractivity contribution is 1.14. The molecule has 2 heterocycles. The van der Waals surface area contributed by atoms with Gasteiger partial charge in [0.25, 0.3) is 0 Å². The lowest BCUT2D eigenvalue weighted by atomic mass is 10.2. The summed E-state index contributed by atoms with van der Waals surface area (Å²) in [4.78, 5) is 4.16. The van der Waals surface area contributed by atoms with Crippen LogP contribution >= 0.6 is 23.1 Å². The maximum Gasteiger partial charge on any atom is 0.126 e. The van der Waals surface area contributed by atoms with E-state index in [0.717, 1.165) is 4.21 Å². The smallest absolute Gasteiger partial charge is 0.126 e. The maximum absolute atomic E-state index is 8.80.